The molecule has 0 amide bonds. The van der Waals surface area contributed by atoms with Crippen molar-refractivity contribution in [2.45, 2.75) is 0 Å². The standard InChI is InChI=1S/C15H15BrN4/c1-19(2)12-5-3-4-6-13(12)20-14-9-10(16)7-8-11(14)18-15(20)17/h3-9H,1-2H3,(H2,17,18). The lowest BCUT2D eigenvalue weighted by atomic mass is 10.2. The molecule has 0 aliphatic carbocycles. The summed E-state index contributed by atoms with van der Waals surface area (Å²) in [5.41, 5.74) is 10.1. The monoisotopic (exact) mass is 330 g/mol. The summed E-state index contributed by atoms with van der Waals surface area (Å²) in [6.07, 6.45) is 0. The smallest absolute Gasteiger partial charge is 0.206 e. The van der Waals surface area contributed by atoms with Crippen LogP contribution < -0.4 is 10.6 Å². The van der Waals surface area contributed by atoms with E-state index in [9.17, 15) is 0 Å². The van der Waals surface area contributed by atoms with E-state index in [4.69, 9.17) is 5.73 Å². The van der Waals surface area contributed by atoms with Crippen molar-refractivity contribution in [3.63, 3.8) is 0 Å². The number of para-hydroxylation sites is 2. The van der Waals surface area contributed by atoms with Gasteiger partial charge in [0.1, 0.15) is 0 Å². The highest BCUT2D eigenvalue weighted by atomic mass is 79.9. The summed E-state index contributed by atoms with van der Waals surface area (Å²) in [5.74, 6) is 0.493. The van der Waals surface area contributed by atoms with E-state index in [0.29, 0.717) is 5.95 Å². The first-order valence-electron chi connectivity index (χ1n) is 6.28. The fourth-order valence-electron chi connectivity index (χ4n) is 2.35. The Morgan fingerprint density at radius 2 is 1.90 bits per heavy atom. The zero-order chi connectivity index (χ0) is 14.3. The Bertz CT molecular complexity index is 777. The van der Waals surface area contributed by atoms with Crippen molar-refractivity contribution in [3.8, 4) is 5.69 Å². The van der Waals surface area contributed by atoms with Crippen molar-refractivity contribution >= 4 is 38.6 Å². The van der Waals surface area contributed by atoms with Gasteiger partial charge in [-0.3, -0.25) is 4.57 Å². The number of nitrogens with zero attached hydrogens (tertiary/aromatic N) is 3. The number of anilines is 2. The summed E-state index contributed by atoms with van der Waals surface area (Å²) in [6, 6.07) is 14.1. The topological polar surface area (TPSA) is 47.1 Å². The second-order valence-corrected chi connectivity index (χ2v) is 5.74. The Balaban J connectivity index is 2.35. The van der Waals surface area contributed by atoms with E-state index in [1.165, 1.54) is 0 Å². The number of hydrogen-bond acceptors (Lipinski definition) is 3. The molecule has 3 rings (SSSR count). The van der Waals surface area contributed by atoms with Crippen LogP contribution in [0.3, 0.4) is 0 Å². The van der Waals surface area contributed by atoms with Crippen LogP contribution in [0.4, 0.5) is 11.6 Å². The molecule has 0 aliphatic rings. The number of nitrogens with two attached hydrogens (primary N) is 1. The lowest BCUT2D eigenvalue weighted by Crippen LogP contribution is -2.13. The van der Waals surface area contributed by atoms with Crippen LogP contribution in [0.1, 0.15) is 0 Å². The number of benzene rings is 2. The molecule has 0 unspecified atom stereocenters. The van der Waals surface area contributed by atoms with Gasteiger partial charge in [-0.25, -0.2) is 4.98 Å². The van der Waals surface area contributed by atoms with Gasteiger partial charge in [0.2, 0.25) is 5.95 Å². The van der Waals surface area contributed by atoms with Crippen molar-refractivity contribution in [2.24, 2.45) is 0 Å². The summed E-state index contributed by atoms with van der Waals surface area (Å²) >= 11 is 3.50. The molecule has 0 fully saturated rings. The van der Waals surface area contributed by atoms with E-state index in [1.807, 2.05) is 55.1 Å². The van der Waals surface area contributed by atoms with Crippen LogP contribution in [-0.4, -0.2) is 23.6 Å². The second-order valence-electron chi connectivity index (χ2n) is 4.82. The van der Waals surface area contributed by atoms with Crippen molar-refractivity contribution in [1.82, 2.24) is 9.55 Å². The predicted octanol–water partition coefficient (Wildman–Crippen LogP) is 3.44. The van der Waals surface area contributed by atoms with E-state index in [2.05, 4.69) is 31.9 Å². The molecule has 2 N–H and O–H groups in total. The molecule has 0 radical (unpaired) electrons. The van der Waals surface area contributed by atoms with Gasteiger partial charge >= 0.3 is 0 Å². The highest BCUT2D eigenvalue weighted by molar-refractivity contribution is 9.10. The molecule has 3 aromatic rings. The Kier molecular flexibility index (Phi) is 3.14. The Morgan fingerprint density at radius 1 is 1.15 bits per heavy atom. The molecule has 0 bridgehead atoms. The average molecular weight is 331 g/mol. The maximum absolute atomic E-state index is 6.12. The van der Waals surface area contributed by atoms with Crippen molar-refractivity contribution < 1.29 is 0 Å². The number of halogens is 1. The normalized spacial score (nSPS) is 10.9. The number of nitrogen functional groups attached to an aromatic ring is 1. The first kappa shape index (κ1) is 13.0. The van der Waals surface area contributed by atoms with E-state index in [0.717, 1.165) is 26.9 Å². The molecule has 0 saturated carbocycles. The third-order valence-corrected chi connectivity index (χ3v) is 3.74. The maximum Gasteiger partial charge on any atom is 0.206 e. The maximum atomic E-state index is 6.12. The van der Waals surface area contributed by atoms with Gasteiger partial charge in [0.25, 0.3) is 0 Å². The zero-order valence-corrected chi connectivity index (χ0v) is 12.9. The molecule has 20 heavy (non-hydrogen) atoms. The van der Waals surface area contributed by atoms with Gasteiger partial charge in [-0.05, 0) is 30.3 Å². The van der Waals surface area contributed by atoms with Gasteiger partial charge in [-0.15, -0.1) is 0 Å². The molecule has 2 aromatic carbocycles. The van der Waals surface area contributed by atoms with Gasteiger partial charge in [-0.1, -0.05) is 28.1 Å². The van der Waals surface area contributed by atoms with E-state index >= 15 is 0 Å². The number of aromatic nitrogens is 2. The van der Waals surface area contributed by atoms with Gasteiger partial charge < -0.3 is 10.6 Å². The highest BCUT2D eigenvalue weighted by Gasteiger charge is 2.14. The molecule has 102 valence electrons. The van der Waals surface area contributed by atoms with Gasteiger partial charge in [0, 0.05) is 18.6 Å². The van der Waals surface area contributed by atoms with E-state index < -0.39 is 0 Å². The molecule has 0 atom stereocenters. The summed E-state index contributed by atoms with van der Waals surface area (Å²) in [6.45, 7) is 0. The Hall–Kier alpha value is -2.01. The predicted molar refractivity (Wildman–Crippen MR) is 87.5 cm³/mol. The highest BCUT2D eigenvalue weighted by Crippen LogP contribution is 2.30. The van der Waals surface area contributed by atoms with Crippen LogP contribution in [0.5, 0.6) is 0 Å². The SMILES string of the molecule is CN(C)c1ccccc1-n1c(N)nc2ccc(Br)cc21. The summed E-state index contributed by atoms with van der Waals surface area (Å²) in [5, 5.41) is 0. The molecule has 0 aliphatic heterocycles. The summed E-state index contributed by atoms with van der Waals surface area (Å²) < 4.78 is 2.99. The van der Waals surface area contributed by atoms with Crippen LogP contribution in [0.15, 0.2) is 46.9 Å². The molecule has 1 aromatic heterocycles. The lowest BCUT2D eigenvalue weighted by Gasteiger charge is -2.18. The van der Waals surface area contributed by atoms with Crippen LogP contribution >= 0.6 is 15.9 Å². The summed E-state index contributed by atoms with van der Waals surface area (Å²) in [4.78, 5) is 6.50. The average Bonchev–Trinajstić information content (AvgIpc) is 2.74. The summed E-state index contributed by atoms with van der Waals surface area (Å²) in [7, 11) is 4.04. The molecule has 0 saturated heterocycles. The Labute approximate surface area is 126 Å². The Morgan fingerprint density at radius 3 is 2.65 bits per heavy atom. The minimum atomic E-state index is 0.493. The molecule has 1 heterocycles. The fraction of sp³-hybridized carbons (Fsp3) is 0.133. The first-order valence-corrected chi connectivity index (χ1v) is 7.07. The zero-order valence-electron chi connectivity index (χ0n) is 11.3. The molecule has 0 spiro atoms. The minimum Gasteiger partial charge on any atom is -0.376 e. The van der Waals surface area contributed by atoms with E-state index in [1.54, 1.807) is 0 Å². The lowest BCUT2D eigenvalue weighted by molar-refractivity contribution is 1.06. The van der Waals surface area contributed by atoms with Crippen LogP contribution in [0.25, 0.3) is 16.7 Å². The van der Waals surface area contributed by atoms with Crippen molar-refractivity contribution in [2.75, 3.05) is 24.7 Å². The fourth-order valence-corrected chi connectivity index (χ4v) is 2.70. The molecular formula is C15H15BrN4. The minimum absolute atomic E-state index is 0.493. The number of hydrogen-bond donors (Lipinski definition) is 1. The first-order chi connectivity index (χ1) is 9.58. The molecular weight excluding hydrogens is 316 g/mol. The van der Waals surface area contributed by atoms with Crippen molar-refractivity contribution in [3.05, 3.63) is 46.9 Å². The van der Waals surface area contributed by atoms with Gasteiger partial charge in [-0.2, -0.15) is 0 Å². The van der Waals surface area contributed by atoms with Gasteiger partial charge in [0.05, 0.1) is 22.4 Å². The quantitative estimate of drug-likeness (QED) is 0.782. The van der Waals surface area contributed by atoms with Crippen LogP contribution in [0, 0.1) is 0 Å². The number of imidazole rings is 1. The molecule has 5 heteroatoms. The number of fused-ring (bicyclic) bond motifs is 1. The second kappa shape index (κ2) is 4.83. The van der Waals surface area contributed by atoms with Crippen LogP contribution in [-0.2, 0) is 0 Å². The molecule has 4 nitrogen and oxygen atoms in total. The van der Waals surface area contributed by atoms with Crippen molar-refractivity contribution in [1.29, 1.82) is 0 Å². The third-order valence-electron chi connectivity index (χ3n) is 3.25. The third kappa shape index (κ3) is 2.04. The van der Waals surface area contributed by atoms with Crippen LogP contribution in [0.2, 0.25) is 0 Å². The largest absolute Gasteiger partial charge is 0.376 e. The number of rotatable bonds is 2. The van der Waals surface area contributed by atoms with E-state index in [-0.39, 0.29) is 0 Å². The van der Waals surface area contributed by atoms with Gasteiger partial charge in [0.15, 0.2) is 0 Å².